The van der Waals surface area contributed by atoms with Crippen LogP contribution in [0.1, 0.15) is 15.9 Å². The smallest absolute Gasteiger partial charge is 0.347 e. The molecule has 0 aliphatic heterocycles. The molecule has 11 nitrogen and oxygen atoms in total. The second-order valence-electron chi connectivity index (χ2n) is 9.96. The van der Waals surface area contributed by atoms with Gasteiger partial charge < -0.3 is 29.3 Å². The molecule has 226 valence electrons. The standard InChI is InChI=1S/C22H12N2O4.C13H10O5/c25-21-15-5-1-3-7-17(15)23-19(27-21)13-9-11-14(12-10-13)20-24-18-8-4-2-6-16(18)22(26)28-20;14-7-1-3-9(11(16)5-7)13(18)10-4-2-8(15)6-12(10)17/h1-12H;1-6,14-17H. The lowest BCUT2D eigenvalue weighted by molar-refractivity contribution is 0.103. The van der Waals surface area contributed by atoms with Gasteiger partial charge in [-0.05, 0) is 72.8 Å². The second kappa shape index (κ2) is 12.1. The summed E-state index contributed by atoms with van der Waals surface area (Å²) in [6, 6.07) is 28.1. The van der Waals surface area contributed by atoms with Crippen LogP contribution < -0.4 is 11.3 Å². The third-order valence-electron chi connectivity index (χ3n) is 6.90. The van der Waals surface area contributed by atoms with Crippen molar-refractivity contribution in [3.05, 3.63) is 141 Å². The highest BCUT2D eigenvalue weighted by atomic mass is 16.4. The van der Waals surface area contributed by atoms with Gasteiger partial charge in [-0.25, -0.2) is 19.6 Å². The van der Waals surface area contributed by atoms with Crippen LogP contribution in [0.2, 0.25) is 0 Å². The maximum Gasteiger partial charge on any atom is 0.347 e. The summed E-state index contributed by atoms with van der Waals surface area (Å²) in [7, 11) is 0. The molecule has 0 aliphatic rings. The Morgan fingerprint density at radius 1 is 0.522 bits per heavy atom. The van der Waals surface area contributed by atoms with Gasteiger partial charge in [-0.3, -0.25) is 4.79 Å². The van der Waals surface area contributed by atoms with Crippen LogP contribution in [0.4, 0.5) is 0 Å². The van der Waals surface area contributed by atoms with Crippen LogP contribution in [-0.4, -0.2) is 36.2 Å². The Labute approximate surface area is 258 Å². The van der Waals surface area contributed by atoms with Gasteiger partial charge in [0.1, 0.15) is 23.0 Å². The number of ketones is 1. The molecule has 46 heavy (non-hydrogen) atoms. The molecular formula is C35H22N2O9. The van der Waals surface area contributed by atoms with Crippen molar-refractivity contribution in [2.75, 3.05) is 0 Å². The normalized spacial score (nSPS) is 10.8. The van der Waals surface area contributed by atoms with Crippen LogP contribution >= 0.6 is 0 Å². The van der Waals surface area contributed by atoms with E-state index in [9.17, 15) is 24.6 Å². The summed E-state index contributed by atoms with van der Waals surface area (Å²) >= 11 is 0. The van der Waals surface area contributed by atoms with Crippen molar-refractivity contribution >= 4 is 27.6 Å². The molecule has 0 atom stereocenters. The molecule has 2 aromatic heterocycles. The predicted molar refractivity (Wildman–Crippen MR) is 168 cm³/mol. The zero-order chi connectivity index (χ0) is 32.4. The summed E-state index contributed by atoms with van der Waals surface area (Å²) < 4.78 is 10.7. The van der Waals surface area contributed by atoms with Gasteiger partial charge in [0.05, 0.1) is 32.9 Å². The van der Waals surface area contributed by atoms with Gasteiger partial charge in [0.2, 0.25) is 11.8 Å². The molecule has 0 spiro atoms. The van der Waals surface area contributed by atoms with E-state index in [1.165, 1.54) is 24.3 Å². The highest BCUT2D eigenvalue weighted by Gasteiger charge is 2.18. The van der Waals surface area contributed by atoms with Crippen LogP contribution in [-0.2, 0) is 0 Å². The SMILES string of the molecule is O=C(c1ccc(O)cc1O)c1ccc(O)cc1O.O=c1oc(-c2ccc(-c3nc4ccccc4c(=O)o3)cc2)nc2ccccc12. The van der Waals surface area contributed by atoms with Gasteiger partial charge in [-0.2, -0.15) is 0 Å². The summed E-state index contributed by atoms with van der Waals surface area (Å²) in [4.78, 5) is 45.2. The molecule has 0 unspecified atom stereocenters. The number of benzene rings is 5. The number of nitrogens with zero attached hydrogens (tertiary/aromatic N) is 2. The van der Waals surface area contributed by atoms with Crippen LogP contribution in [0, 0.1) is 0 Å². The minimum absolute atomic E-state index is 0.0474. The molecule has 5 aromatic carbocycles. The van der Waals surface area contributed by atoms with E-state index in [0.29, 0.717) is 32.9 Å². The van der Waals surface area contributed by atoms with Crippen molar-refractivity contribution in [3.8, 4) is 45.9 Å². The lowest BCUT2D eigenvalue weighted by atomic mass is 10.0. The Morgan fingerprint density at radius 2 is 0.913 bits per heavy atom. The molecule has 2 heterocycles. The van der Waals surface area contributed by atoms with Gasteiger partial charge in [-0.15, -0.1) is 0 Å². The molecule has 7 rings (SSSR count). The first-order chi connectivity index (χ1) is 22.2. The second-order valence-corrected chi connectivity index (χ2v) is 9.96. The molecule has 0 saturated heterocycles. The first kappa shape index (κ1) is 29.3. The molecule has 7 aromatic rings. The summed E-state index contributed by atoms with van der Waals surface area (Å²) in [5.41, 5.74) is 1.44. The van der Waals surface area contributed by atoms with E-state index in [2.05, 4.69) is 9.97 Å². The average Bonchev–Trinajstić information content (AvgIpc) is 3.05. The molecule has 0 saturated carbocycles. The van der Waals surface area contributed by atoms with E-state index < -0.39 is 17.0 Å². The number of para-hydroxylation sites is 2. The molecule has 0 radical (unpaired) electrons. The number of phenols is 4. The average molecular weight is 615 g/mol. The minimum atomic E-state index is -0.606. The molecule has 0 amide bonds. The first-order valence-corrected chi connectivity index (χ1v) is 13.7. The highest BCUT2D eigenvalue weighted by molar-refractivity contribution is 6.12. The van der Waals surface area contributed by atoms with E-state index in [1.807, 2.05) is 12.1 Å². The number of carbonyl (C=O) groups excluding carboxylic acids is 1. The fourth-order valence-electron chi connectivity index (χ4n) is 4.61. The van der Waals surface area contributed by atoms with Crippen molar-refractivity contribution in [3.63, 3.8) is 0 Å². The summed E-state index contributed by atoms with van der Waals surface area (Å²) in [5.74, 6) is -1.26. The third kappa shape index (κ3) is 5.88. The van der Waals surface area contributed by atoms with Gasteiger partial charge in [0.25, 0.3) is 0 Å². The summed E-state index contributed by atoms with van der Waals surface area (Å²) in [5, 5.41) is 38.2. The van der Waals surface area contributed by atoms with Gasteiger partial charge in [0.15, 0.2) is 5.78 Å². The predicted octanol–water partition coefficient (Wildman–Crippen LogP) is 5.76. The number of aromatic hydroxyl groups is 4. The van der Waals surface area contributed by atoms with E-state index in [4.69, 9.17) is 19.0 Å². The van der Waals surface area contributed by atoms with E-state index >= 15 is 0 Å². The van der Waals surface area contributed by atoms with Crippen molar-refractivity contribution in [1.82, 2.24) is 9.97 Å². The largest absolute Gasteiger partial charge is 0.508 e. The van der Waals surface area contributed by atoms with Crippen molar-refractivity contribution in [1.29, 1.82) is 0 Å². The van der Waals surface area contributed by atoms with Crippen LogP contribution in [0.3, 0.4) is 0 Å². The molecule has 4 N–H and O–H groups in total. The third-order valence-corrected chi connectivity index (χ3v) is 6.90. The summed E-state index contributed by atoms with van der Waals surface area (Å²) in [6.45, 7) is 0. The van der Waals surface area contributed by atoms with Crippen LogP contribution in [0.15, 0.2) is 128 Å². The fraction of sp³-hybridized carbons (Fsp3) is 0. The van der Waals surface area contributed by atoms with Crippen molar-refractivity contribution in [2.45, 2.75) is 0 Å². The Bertz CT molecular complexity index is 2210. The van der Waals surface area contributed by atoms with Gasteiger partial charge >= 0.3 is 11.3 Å². The first-order valence-electron chi connectivity index (χ1n) is 13.7. The van der Waals surface area contributed by atoms with Gasteiger partial charge in [-0.1, -0.05) is 24.3 Å². The fourth-order valence-corrected chi connectivity index (χ4v) is 4.61. The topological polar surface area (TPSA) is 184 Å². The Hall–Kier alpha value is -6.75. The van der Waals surface area contributed by atoms with E-state index in [0.717, 1.165) is 12.1 Å². The van der Waals surface area contributed by atoms with E-state index in [1.54, 1.807) is 60.7 Å². The van der Waals surface area contributed by atoms with Crippen molar-refractivity contribution in [2.24, 2.45) is 0 Å². The highest BCUT2D eigenvalue weighted by Crippen LogP contribution is 2.30. The number of aromatic nitrogens is 2. The lowest BCUT2D eigenvalue weighted by Gasteiger charge is -2.06. The number of rotatable bonds is 4. The Balaban J connectivity index is 0.000000179. The number of phenolic OH excluding ortho intramolecular Hbond substituents is 4. The molecule has 11 heteroatoms. The van der Waals surface area contributed by atoms with Crippen LogP contribution in [0.25, 0.3) is 44.7 Å². The minimum Gasteiger partial charge on any atom is -0.508 e. The van der Waals surface area contributed by atoms with E-state index in [-0.39, 0.29) is 45.9 Å². The number of hydrogen-bond donors (Lipinski definition) is 4. The Morgan fingerprint density at radius 3 is 1.30 bits per heavy atom. The molecule has 0 bridgehead atoms. The number of carbonyl (C=O) groups is 1. The quantitative estimate of drug-likeness (QED) is 0.177. The zero-order valence-electron chi connectivity index (χ0n) is 23.6. The van der Waals surface area contributed by atoms with Crippen LogP contribution in [0.5, 0.6) is 23.0 Å². The molecule has 0 fully saturated rings. The Kier molecular flexibility index (Phi) is 7.71. The zero-order valence-corrected chi connectivity index (χ0v) is 23.6. The molecular weight excluding hydrogens is 592 g/mol. The van der Waals surface area contributed by atoms with Gasteiger partial charge in [0, 0.05) is 23.3 Å². The van der Waals surface area contributed by atoms with Crippen molar-refractivity contribution < 1.29 is 34.1 Å². The summed E-state index contributed by atoms with van der Waals surface area (Å²) in [6.07, 6.45) is 0. The lowest BCUT2D eigenvalue weighted by Crippen LogP contribution is -2.03. The molecule has 0 aliphatic carbocycles. The monoisotopic (exact) mass is 614 g/mol. The maximum atomic E-state index is 12.2. The number of fused-ring (bicyclic) bond motifs is 2. The maximum absolute atomic E-state index is 12.2. The number of hydrogen-bond acceptors (Lipinski definition) is 11.